The van der Waals surface area contributed by atoms with E-state index in [1.807, 2.05) is 35.7 Å². The number of rotatable bonds is 8. The van der Waals surface area contributed by atoms with Crippen molar-refractivity contribution >= 4 is 29.0 Å². The maximum atomic E-state index is 11.9. The molecule has 0 atom stereocenters. The summed E-state index contributed by atoms with van der Waals surface area (Å²) in [7, 11) is 0. The van der Waals surface area contributed by atoms with Crippen LogP contribution in [0.3, 0.4) is 0 Å². The molecule has 0 saturated heterocycles. The van der Waals surface area contributed by atoms with Crippen LogP contribution in [0.15, 0.2) is 53.0 Å². The van der Waals surface area contributed by atoms with E-state index >= 15 is 0 Å². The van der Waals surface area contributed by atoms with E-state index in [-0.39, 0.29) is 11.7 Å². The number of nitrogen functional groups attached to an aromatic ring is 1. The lowest BCUT2D eigenvalue weighted by Crippen LogP contribution is -2.26. The molecule has 2 heterocycles. The van der Waals surface area contributed by atoms with Crippen molar-refractivity contribution in [3.8, 4) is 10.7 Å². The van der Waals surface area contributed by atoms with Crippen molar-refractivity contribution in [2.75, 3.05) is 18.1 Å². The van der Waals surface area contributed by atoms with Crippen LogP contribution in [0.2, 0.25) is 0 Å². The van der Waals surface area contributed by atoms with Gasteiger partial charge in [-0.05, 0) is 29.9 Å². The molecule has 0 aliphatic heterocycles. The van der Waals surface area contributed by atoms with E-state index in [1.165, 1.54) is 22.0 Å². The van der Waals surface area contributed by atoms with Gasteiger partial charge in [0.15, 0.2) is 5.82 Å². The minimum absolute atomic E-state index is 0.0289. The molecule has 25 heavy (non-hydrogen) atoms. The molecule has 0 saturated carbocycles. The molecular weight excluding hydrogens is 354 g/mol. The van der Waals surface area contributed by atoms with Crippen molar-refractivity contribution in [2.24, 2.45) is 0 Å². The van der Waals surface area contributed by atoms with Crippen molar-refractivity contribution in [3.63, 3.8) is 0 Å². The molecule has 0 radical (unpaired) electrons. The van der Waals surface area contributed by atoms with E-state index in [9.17, 15) is 4.79 Å². The molecule has 3 rings (SSSR count). The van der Waals surface area contributed by atoms with Crippen LogP contribution in [-0.2, 0) is 11.2 Å². The first kappa shape index (κ1) is 17.5. The van der Waals surface area contributed by atoms with Crippen LogP contribution in [0.4, 0.5) is 0 Å². The van der Waals surface area contributed by atoms with Crippen molar-refractivity contribution < 1.29 is 4.79 Å². The Balaban J connectivity index is 1.41. The molecule has 0 aliphatic rings. The first-order valence-corrected chi connectivity index (χ1v) is 9.78. The molecule has 8 heteroatoms. The summed E-state index contributed by atoms with van der Waals surface area (Å²) in [5.74, 6) is 6.86. The standard InChI is InChI=1S/C17H19N5OS2/c18-22-16(14-9-5-11-24-14)20-21-17(22)25-12-15(23)19-10-4-8-13-6-2-1-3-7-13/h1-3,5-7,9,11H,4,8,10,12,18H2,(H,19,23). The highest BCUT2D eigenvalue weighted by Gasteiger charge is 2.14. The van der Waals surface area contributed by atoms with E-state index in [0.717, 1.165) is 17.7 Å². The van der Waals surface area contributed by atoms with Crippen LogP contribution < -0.4 is 11.2 Å². The zero-order valence-corrected chi connectivity index (χ0v) is 15.2. The Morgan fingerprint density at radius 2 is 2.04 bits per heavy atom. The number of amides is 1. The van der Waals surface area contributed by atoms with Crippen LogP contribution in [0.1, 0.15) is 12.0 Å². The third kappa shape index (κ3) is 4.83. The van der Waals surface area contributed by atoms with Gasteiger partial charge in [0.25, 0.3) is 0 Å². The molecule has 130 valence electrons. The van der Waals surface area contributed by atoms with Crippen LogP contribution >= 0.6 is 23.1 Å². The highest BCUT2D eigenvalue weighted by molar-refractivity contribution is 7.99. The summed E-state index contributed by atoms with van der Waals surface area (Å²) in [6, 6.07) is 14.1. The zero-order chi connectivity index (χ0) is 17.5. The maximum absolute atomic E-state index is 11.9. The first-order chi connectivity index (χ1) is 12.2. The van der Waals surface area contributed by atoms with Crippen molar-refractivity contribution in [2.45, 2.75) is 18.0 Å². The van der Waals surface area contributed by atoms with E-state index in [1.54, 1.807) is 11.3 Å². The third-order valence-corrected chi connectivity index (χ3v) is 5.35. The molecule has 3 N–H and O–H groups in total. The fourth-order valence-electron chi connectivity index (χ4n) is 2.30. The molecule has 2 aromatic heterocycles. The Bertz CT molecular complexity index is 802. The van der Waals surface area contributed by atoms with Gasteiger partial charge in [0.1, 0.15) is 0 Å². The number of thiophene rings is 1. The summed E-state index contributed by atoms with van der Waals surface area (Å²) in [4.78, 5) is 12.9. The smallest absolute Gasteiger partial charge is 0.230 e. The molecule has 6 nitrogen and oxygen atoms in total. The van der Waals surface area contributed by atoms with Gasteiger partial charge in [0.2, 0.25) is 11.1 Å². The Morgan fingerprint density at radius 3 is 2.80 bits per heavy atom. The van der Waals surface area contributed by atoms with Gasteiger partial charge < -0.3 is 11.2 Å². The van der Waals surface area contributed by atoms with Gasteiger partial charge in [-0.15, -0.1) is 21.5 Å². The van der Waals surface area contributed by atoms with Gasteiger partial charge in [-0.2, -0.15) is 0 Å². The number of aromatic nitrogens is 3. The van der Waals surface area contributed by atoms with Gasteiger partial charge in [-0.25, -0.2) is 4.68 Å². The minimum Gasteiger partial charge on any atom is -0.355 e. The van der Waals surface area contributed by atoms with Gasteiger partial charge >= 0.3 is 0 Å². The highest BCUT2D eigenvalue weighted by atomic mass is 32.2. The van der Waals surface area contributed by atoms with Crippen molar-refractivity contribution in [3.05, 3.63) is 53.4 Å². The topological polar surface area (TPSA) is 85.8 Å². The van der Waals surface area contributed by atoms with Gasteiger partial charge in [0, 0.05) is 6.54 Å². The Kier molecular flexibility index (Phi) is 6.08. The summed E-state index contributed by atoms with van der Waals surface area (Å²) in [5.41, 5.74) is 1.28. The fraction of sp³-hybridized carbons (Fsp3) is 0.235. The lowest BCUT2D eigenvalue weighted by Gasteiger charge is -2.05. The number of benzene rings is 1. The predicted octanol–water partition coefficient (Wildman–Crippen LogP) is 2.56. The molecule has 0 unspecified atom stereocenters. The number of hydrogen-bond acceptors (Lipinski definition) is 6. The Morgan fingerprint density at radius 1 is 1.20 bits per heavy atom. The molecule has 0 aliphatic carbocycles. The zero-order valence-electron chi connectivity index (χ0n) is 13.6. The Hall–Kier alpha value is -2.32. The fourth-order valence-corrected chi connectivity index (χ4v) is 3.69. The normalized spacial score (nSPS) is 10.7. The first-order valence-electron chi connectivity index (χ1n) is 7.92. The molecular formula is C17H19N5OS2. The largest absolute Gasteiger partial charge is 0.355 e. The summed E-state index contributed by atoms with van der Waals surface area (Å²) < 4.78 is 1.43. The predicted molar refractivity (Wildman–Crippen MR) is 102 cm³/mol. The average molecular weight is 374 g/mol. The molecule has 3 aromatic rings. The van der Waals surface area contributed by atoms with Gasteiger partial charge in [-0.3, -0.25) is 4.79 Å². The summed E-state index contributed by atoms with van der Waals surface area (Å²) in [6.07, 6.45) is 1.87. The van der Waals surface area contributed by atoms with Crippen LogP contribution in [-0.4, -0.2) is 33.1 Å². The van der Waals surface area contributed by atoms with E-state index < -0.39 is 0 Å². The summed E-state index contributed by atoms with van der Waals surface area (Å²) in [6.45, 7) is 0.657. The average Bonchev–Trinajstić information content (AvgIpc) is 3.27. The van der Waals surface area contributed by atoms with Crippen molar-refractivity contribution in [1.29, 1.82) is 0 Å². The lowest BCUT2D eigenvalue weighted by atomic mass is 10.1. The second-order valence-electron chi connectivity index (χ2n) is 5.38. The molecule has 1 amide bonds. The van der Waals surface area contributed by atoms with E-state index in [0.29, 0.717) is 17.5 Å². The number of hydrogen-bond donors (Lipinski definition) is 2. The van der Waals surface area contributed by atoms with Crippen LogP contribution in [0, 0.1) is 0 Å². The SMILES string of the molecule is Nn1c(SCC(=O)NCCCc2ccccc2)nnc1-c1cccs1. The monoisotopic (exact) mass is 373 g/mol. The highest BCUT2D eigenvalue weighted by Crippen LogP contribution is 2.24. The summed E-state index contributed by atoms with van der Waals surface area (Å²) >= 11 is 2.83. The summed E-state index contributed by atoms with van der Waals surface area (Å²) in [5, 5.41) is 13.6. The molecule has 0 spiro atoms. The number of nitrogens with two attached hydrogens (primary N) is 1. The number of thioether (sulfide) groups is 1. The Labute approximate surface area is 154 Å². The van der Waals surface area contributed by atoms with Crippen LogP contribution in [0.5, 0.6) is 0 Å². The second kappa shape index (κ2) is 8.68. The van der Waals surface area contributed by atoms with Gasteiger partial charge in [-0.1, -0.05) is 48.2 Å². The number of nitrogens with one attached hydrogen (secondary N) is 1. The number of nitrogens with zero attached hydrogens (tertiary/aromatic N) is 3. The quantitative estimate of drug-likeness (QED) is 0.360. The third-order valence-electron chi connectivity index (χ3n) is 3.55. The van der Waals surface area contributed by atoms with E-state index in [4.69, 9.17) is 5.84 Å². The molecule has 1 aromatic carbocycles. The number of carbonyl (C=O) groups excluding carboxylic acids is 1. The van der Waals surface area contributed by atoms with Crippen molar-refractivity contribution in [1.82, 2.24) is 20.2 Å². The second-order valence-corrected chi connectivity index (χ2v) is 7.27. The number of aryl methyl sites for hydroxylation is 1. The lowest BCUT2D eigenvalue weighted by molar-refractivity contribution is -0.118. The maximum Gasteiger partial charge on any atom is 0.230 e. The minimum atomic E-state index is -0.0289. The molecule has 0 bridgehead atoms. The van der Waals surface area contributed by atoms with Crippen LogP contribution in [0.25, 0.3) is 10.7 Å². The van der Waals surface area contributed by atoms with Gasteiger partial charge in [0.05, 0.1) is 10.6 Å². The number of carbonyl (C=O) groups is 1. The molecule has 0 fully saturated rings. The van der Waals surface area contributed by atoms with E-state index in [2.05, 4.69) is 27.6 Å².